The molecule has 2 unspecified atom stereocenters. The number of aromatic nitrogens is 2. The number of halogens is 1. The Morgan fingerprint density at radius 2 is 1.83 bits per heavy atom. The van der Waals surface area contributed by atoms with Gasteiger partial charge in [-0.05, 0) is 12.5 Å². The minimum atomic E-state index is -5.65. The van der Waals surface area contributed by atoms with Crippen molar-refractivity contribution in [3.63, 3.8) is 0 Å². The van der Waals surface area contributed by atoms with Gasteiger partial charge >= 0.3 is 29.2 Å². The van der Waals surface area contributed by atoms with Gasteiger partial charge in [-0.1, -0.05) is 0 Å². The van der Waals surface area contributed by atoms with E-state index in [1.165, 1.54) is 19.4 Å². The molecule has 0 amide bonds. The molecule has 3 atom stereocenters. The van der Waals surface area contributed by atoms with Gasteiger partial charge in [-0.3, -0.25) is 9.09 Å². The molecule has 0 spiro atoms. The molecule has 0 aromatic carbocycles. The molecule has 19 heteroatoms. The maximum absolute atomic E-state index is 11.8. The molecular weight excluding hydrogens is 482 g/mol. The average molecular weight is 502 g/mol. The summed E-state index contributed by atoms with van der Waals surface area (Å²) in [5, 5.41) is 0. The molecule has 0 aliphatic rings. The summed E-state index contributed by atoms with van der Waals surface area (Å²) in [7, 11) is -15.3. The summed E-state index contributed by atoms with van der Waals surface area (Å²) < 4.78 is 51.9. The first kappa shape index (κ1) is 26.4. The Kier molecular flexibility index (Phi) is 9.18. The maximum Gasteiger partial charge on any atom is 0.490 e. The highest BCUT2D eigenvalue weighted by molar-refractivity contribution is 7.66. The summed E-state index contributed by atoms with van der Waals surface area (Å²) in [6.45, 7) is -0.791. The Bertz CT molecular complexity index is 899. The third kappa shape index (κ3) is 9.35. The lowest BCUT2D eigenvalue weighted by molar-refractivity contribution is -0.0419. The van der Waals surface area contributed by atoms with Gasteiger partial charge in [-0.2, -0.15) is 13.6 Å². The van der Waals surface area contributed by atoms with Crippen LogP contribution in [0.3, 0.4) is 0 Å². The standard InChI is InChI=1S/C10H19ClN3O12P3/c1-23-10(6-11,3-5-14-4-2-8(12)13-9(14)15)7-24-28(19,20)26-29(21,22)25-27(16,17)18/h2,4H,3,5-7H2,1H3,(H,19,20)(H,21,22)(H2,12,13,15)(H2,16,17,18)/t10-/m1/s1. The zero-order valence-electron chi connectivity index (χ0n) is 14.7. The van der Waals surface area contributed by atoms with E-state index in [9.17, 15) is 23.4 Å². The van der Waals surface area contributed by atoms with E-state index >= 15 is 0 Å². The van der Waals surface area contributed by atoms with Gasteiger partial charge in [0.1, 0.15) is 11.4 Å². The topological polar surface area (TPSA) is 230 Å². The zero-order chi connectivity index (χ0) is 22.5. The van der Waals surface area contributed by atoms with Crippen LogP contribution in [0.1, 0.15) is 6.42 Å². The summed E-state index contributed by atoms with van der Waals surface area (Å²) in [6.07, 6.45) is 1.30. The smallest absolute Gasteiger partial charge is 0.383 e. The number of phosphoric acid groups is 3. The van der Waals surface area contributed by atoms with Crippen LogP contribution >= 0.6 is 35.1 Å². The lowest BCUT2D eigenvalue weighted by Crippen LogP contribution is -2.41. The van der Waals surface area contributed by atoms with Crippen molar-refractivity contribution >= 4 is 40.9 Å². The third-order valence-electron chi connectivity index (χ3n) is 3.29. The van der Waals surface area contributed by atoms with E-state index in [1.54, 1.807) is 0 Å². The number of phosphoric ester groups is 1. The first-order valence-electron chi connectivity index (χ1n) is 7.35. The number of aryl methyl sites for hydroxylation is 1. The fraction of sp³-hybridized carbons (Fsp3) is 0.600. The van der Waals surface area contributed by atoms with Gasteiger partial charge in [0.15, 0.2) is 0 Å². The second kappa shape index (κ2) is 10.1. The molecule has 1 rings (SSSR count). The molecule has 1 aromatic heterocycles. The number of hydrogen-bond donors (Lipinski definition) is 5. The van der Waals surface area contributed by atoms with E-state index in [1.807, 2.05) is 0 Å². The minimum absolute atomic E-state index is 0.00857. The Morgan fingerprint density at radius 3 is 2.31 bits per heavy atom. The highest BCUT2D eigenvalue weighted by Crippen LogP contribution is 2.66. The highest BCUT2D eigenvalue weighted by Gasteiger charge is 2.42. The number of rotatable bonds is 12. The van der Waals surface area contributed by atoms with Crippen LogP contribution in [0.4, 0.5) is 5.82 Å². The maximum atomic E-state index is 11.8. The normalized spacial score (nSPS) is 18.6. The number of hydrogen-bond acceptors (Lipinski definition) is 10. The van der Waals surface area contributed by atoms with Gasteiger partial charge in [0.05, 0.1) is 12.5 Å². The molecule has 0 radical (unpaired) electrons. The molecule has 15 nitrogen and oxygen atoms in total. The van der Waals surface area contributed by atoms with Gasteiger partial charge in [0.25, 0.3) is 0 Å². The second-order valence-electron chi connectivity index (χ2n) is 5.46. The van der Waals surface area contributed by atoms with Crippen molar-refractivity contribution in [2.75, 3.05) is 25.3 Å². The zero-order valence-corrected chi connectivity index (χ0v) is 18.2. The summed E-state index contributed by atoms with van der Waals surface area (Å²) >= 11 is 5.83. The lowest BCUT2D eigenvalue weighted by Gasteiger charge is -2.30. The van der Waals surface area contributed by atoms with Crippen LogP contribution in [-0.4, -0.2) is 54.3 Å². The van der Waals surface area contributed by atoms with Gasteiger partial charge < -0.3 is 30.0 Å². The van der Waals surface area contributed by atoms with E-state index in [-0.39, 0.29) is 24.7 Å². The van der Waals surface area contributed by atoms with Crippen LogP contribution in [0.15, 0.2) is 17.1 Å². The fourth-order valence-corrected chi connectivity index (χ4v) is 5.24. The van der Waals surface area contributed by atoms with Crippen molar-refractivity contribution in [1.29, 1.82) is 0 Å². The van der Waals surface area contributed by atoms with E-state index in [2.05, 4.69) is 18.1 Å². The molecule has 0 saturated heterocycles. The predicted molar refractivity (Wildman–Crippen MR) is 97.8 cm³/mol. The van der Waals surface area contributed by atoms with Crippen LogP contribution in [0.25, 0.3) is 0 Å². The van der Waals surface area contributed by atoms with Crippen molar-refractivity contribution in [1.82, 2.24) is 9.55 Å². The van der Waals surface area contributed by atoms with Crippen LogP contribution in [-0.2, 0) is 38.1 Å². The van der Waals surface area contributed by atoms with Crippen LogP contribution in [0, 0.1) is 0 Å². The summed E-state index contributed by atoms with van der Waals surface area (Å²) in [5.41, 5.74) is 3.25. The number of ether oxygens (including phenoxy) is 1. The van der Waals surface area contributed by atoms with Crippen molar-refractivity contribution < 1.29 is 51.2 Å². The van der Waals surface area contributed by atoms with Crippen LogP contribution in [0.2, 0.25) is 0 Å². The van der Waals surface area contributed by atoms with E-state index in [0.717, 1.165) is 4.57 Å². The van der Waals surface area contributed by atoms with Crippen molar-refractivity contribution in [3.8, 4) is 0 Å². The van der Waals surface area contributed by atoms with E-state index in [4.69, 9.17) is 36.8 Å². The SMILES string of the molecule is CO[C@@](CCl)(CCn1ccc(N)nc1=O)COP(=O)(O)OP(=O)(O)OP(=O)(O)O. The van der Waals surface area contributed by atoms with Gasteiger partial charge in [-0.25, -0.2) is 18.5 Å². The molecular formula is C10H19ClN3O12P3. The van der Waals surface area contributed by atoms with Crippen molar-refractivity contribution in [2.24, 2.45) is 0 Å². The number of alkyl halides is 1. The number of nitrogens with zero attached hydrogens (tertiary/aromatic N) is 2. The number of anilines is 1. The van der Waals surface area contributed by atoms with Crippen molar-refractivity contribution in [3.05, 3.63) is 22.7 Å². The Morgan fingerprint density at radius 1 is 1.21 bits per heavy atom. The Labute approximate surface area is 168 Å². The monoisotopic (exact) mass is 501 g/mol. The van der Waals surface area contributed by atoms with Gasteiger partial charge in [0.2, 0.25) is 0 Å². The lowest BCUT2D eigenvalue weighted by atomic mass is 10.0. The van der Waals surface area contributed by atoms with Crippen LogP contribution < -0.4 is 11.4 Å². The fourth-order valence-electron chi connectivity index (χ4n) is 1.83. The summed E-state index contributed by atoms with van der Waals surface area (Å²) in [5.74, 6) is -0.301. The molecule has 29 heavy (non-hydrogen) atoms. The van der Waals surface area contributed by atoms with Crippen LogP contribution in [0.5, 0.6) is 0 Å². The molecule has 6 N–H and O–H groups in total. The van der Waals surface area contributed by atoms with Gasteiger partial charge in [-0.15, -0.1) is 11.6 Å². The summed E-state index contributed by atoms with van der Waals surface area (Å²) in [4.78, 5) is 50.9. The molecule has 0 aliphatic heterocycles. The molecule has 0 fully saturated rings. The summed E-state index contributed by atoms with van der Waals surface area (Å²) in [6, 6.07) is 1.36. The Hall–Kier alpha value is -0.660. The minimum Gasteiger partial charge on any atom is -0.383 e. The molecule has 168 valence electrons. The third-order valence-corrected chi connectivity index (χ3v) is 7.56. The number of nitrogens with two attached hydrogens (primary N) is 1. The molecule has 0 aliphatic carbocycles. The first-order valence-corrected chi connectivity index (χ1v) is 12.4. The predicted octanol–water partition coefficient (Wildman–Crippen LogP) is 0.183. The van der Waals surface area contributed by atoms with E-state index in [0.29, 0.717) is 0 Å². The molecule has 0 bridgehead atoms. The number of methoxy groups -OCH3 is 1. The average Bonchev–Trinajstić information content (AvgIpc) is 2.53. The quantitative estimate of drug-likeness (QED) is 0.190. The number of nitrogen functional groups attached to an aromatic ring is 1. The van der Waals surface area contributed by atoms with Gasteiger partial charge in [0, 0.05) is 19.9 Å². The molecule has 1 heterocycles. The largest absolute Gasteiger partial charge is 0.490 e. The highest BCUT2D eigenvalue weighted by atomic mass is 35.5. The van der Waals surface area contributed by atoms with Crippen molar-refractivity contribution in [2.45, 2.75) is 18.6 Å². The van der Waals surface area contributed by atoms with E-state index < -0.39 is 41.4 Å². The molecule has 1 aromatic rings. The Balaban J connectivity index is 2.84. The second-order valence-corrected chi connectivity index (χ2v) is 10.2. The first-order chi connectivity index (χ1) is 13.1. The molecule has 0 saturated carbocycles.